The molecule has 0 N–H and O–H groups in total. The fourth-order valence-corrected chi connectivity index (χ4v) is 3.26. The molecule has 6 nitrogen and oxygen atoms in total. The van der Waals surface area contributed by atoms with E-state index in [1.807, 2.05) is 6.07 Å². The summed E-state index contributed by atoms with van der Waals surface area (Å²) in [6.45, 7) is 0.289. The highest BCUT2D eigenvalue weighted by Crippen LogP contribution is 2.11. The molecule has 28 heavy (non-hydrogen) atoms. The number of pyridine rings is 1. The lowest BCUT2D eigenvalue weighted by Crippen LogP contribution is -2.17. The number of aromatic nitrogens is 4. The maximum atomic E-state index is 13.9. The largest absolute Gasteiger partial charge is 0.319 e. The van der Waals surface area contributed by atoms with Crippen molar-refractivity contribution in [3.8, 4) is 11.5 Å². The quantitative estimate of drug-likeness (QED) is 0.535. The van der Waals surface area contributed by atoms with Gasteiger partial charge in [-0.15, -0.1) is 11.3 Å². The first kappa shape index (κ1) is 17.9. The van der Waals surface area contributed by atoms with Crippen LogP contribution in [-0.2, 0) is 6.54 Å². The van der Waals surface area contributed by atoms with Crippen molar-refractivity contribution in [1.82, 2.24) is 19.5 Å². The van der Waals surface area contributed by atoms with E-state index < -0.39 is 5.91 Å². The van der Waals surface area contributed by atoms with E-state index in [-0.39, 0.29) is 17.9 Å². The minimum Gasteiger partial charge on any atom is -0.319 e. The lowest BCUT2D eigenvalue weighted by molar-refractivity contribution is 0.0997. The van der Waals surface area contributed by atoms with Crippen LogP contribution < -0.4 is 4.80 Å². The van der Waals surface area contributed by atoms with Crippen LogP contribution >= 0.6 is 11.3 Å². The van der Waals surface area contributed by atoms with Crippen molar-refractivity contribution in [2.75, 3.05) is 0 Å². The summed E-state index contributed by atoms with van der Waals surface area (Å²) < 4.78 is 15.6. The molecule has 0 saturated heterocycles. The van der Waals surface area contributed by atoms with Crippen LogP contribution in [0.15, 0.2) is 77.6 Å². The highest BCUT2D eigenvalue weighted by atomic mass is 32.1. The Hall–Kier alpha value is -3.52. The van der Waals surface area contributed by atoms with Crippen molar-refractivity contribution in [1.29, 1.82) is 0 Å². The molecule has 1 aromatic carbocycles. The Morgan fingerprint density at radius 1 is 1.07 bits per heavy atom. The summed E-state index contributed by atoms with van der Waals surface area (Å²) in [5, 5.41) is 1.80. The maximum Gasteiger partial charge on any atom is 0.282 e. The first-order valence-corrected chi connectivity index (χ1v) is 9.28. The van der Waals surface area contributed by atoms with E-state index in [1.54, 1.807) is 52.7 Å². The zero-order valence-corrected chi connectivity index (χ0v) is 15.4. The van der Waals surface area contributed by atoms with Crippen LogP contribution in [0.2, 0.25) is 0 Å². The van der Waals surface area contributed by atoms with E-state index in [0.29, 0.717) is 21.9 Å². The van der Waals surface area contributed by atoms with Crippen LogP contribution in [-0.4, -0.2) is 25.4 Å². The molecule has 0 radical (unpaired) electrons. The van der Waals surface area contributed by atoms with E-state index in [9.17, 15) is 9.18 Å². The van der Waals surface area contributed by atoms with Gasteiger partial charge in [-0.25, -0.2) is 14.4 Å². The lowest BCUT2D eigenvalue weighted by atomic mass is 10.2. The van der Waals surface area contributed by atoms with Crippen LogP contribution in [0.5, 0.6) is 0 Å². The molecule has 0 aliphatic heterocycles. The van der Waals surface area contributed by atoms with Crippen LogP contribution in [0, 0.1) is 5.82 Å². The SMILES string of the molecule is O=C(N=c1sccn1Cc1ccccc1F)c1cnc(-c2ccccn2)nc1. The Morgan fingerprint density at radius 2 is 1.86 bits per heavy atom. The van der Waals surface area contributed by atoms with Crippen LogP contribution in [0.1, 0.15) is 15.9 Å². The zero-order valence-electron chi connectivity index (χ0n) is 14.6. The van der Waals surface area contributed by atoms with Gasteiger partial charge in [-0.1, -0.05) is 24.3 Å². The average molecular weight is 391 g/mol. The lowest BCUT2D eigenvalue weighted by Gasteiger charge is -2.04. The van der Waals surface area contributed by atoms with E-state index >= 15 is 0 Å². The molecule has 3 aromatic heterocycles. The van der Waals surface area contributed by atoms with Gasteiger partial charge in [0, 0.05) is 35.7 Å². The molecule has 138 valence electrons. The number of hydrogen-bond donors (Lipinski definition) is 0. The van der Waals surface area contributed by atoms with E-state index in [4.69, 9.17) is 0 Å². The van der Waals surface area contributed by atoms with Gasteiger partial charge in [0.1, 0.15) is 11.5 Å². The predicted molar refractivity (Wildman–Crippen MR) is 103 cm³/mol. The smallest absolute Gasteiger partial charge is 0.282 e. The normalized spacial score (nSPS) is 11.5. The molecule has 3 heterocycles. The third kappa shape index (κ3) is 3.91. The van der Waals surface area contributed by atoms with E-state index in [0.717, 1.165) is 0 Å². The topological polar surface area (TPSA) is 73.0 Å². The van der Waals surface area contributed by atoms with Gasteiger partial charge in [-0.3, -0.25) is 9.78 Å². The number of halogens is 1. The standard InChI is InChI=1S/C20H14FN5OS/c21-16-6-2-1-5-14(16)13-26-9-10-28-20(26)25-19(27)15-11-23-18(24-12-15)17-7-3-4-8-22-17/h1-12H,13H2. The number of carbonyl (C=O) groups excluding carboxylic acids is 1. The highest BCUT2D eigenvalue weighted by Gasteiger charge is 2.09. The Labute approximate surface area is 163 Å². The molecule has 8 heteroatoms. The Kier molecular flexibility index (Phi) is 5.11. The number of rotatable bonds is 4. The predicted octanol–water partition coefficient (Wildman–Crippen LogP) is 3.33. The van der Waals surface area contributed by atoms with Gasteiger partial charge in [-0.05, 0) is 18.2 Å². The molecule has 0 bridgehead atoms. The fraction of sp³-hybridized carbons (Fsp3) is 0.0500. The molecule has 0 spiro atoms. The Balaban J connectivity index is 1.58. The summed E-state index contributed by atoms with van der Waals surface area (Å²) in [6.07, 6.45) is 6.28. The van der Waals surface area contributed by atoms with Gasteiger partial charge in [0.15, 0.2) is 10.6 Å². The minimum absolute atomic E-state index is 0.269. The van der Waals surface area contributed by atoms with Crippen LogP contribution in [0.4, 0.5) is 4.39 Å². The van der Waals surface area contributed by atoms with Gasteiger partial charge in [0.2, 0.25) is 0 Å². The average Bonchev–Trinajstić information content (AvgIpc) is 3.17. The van der Waals surface area contributed by atoms with Gasteiger partial charge in [-0.2, -0.15) is 4.99 Å². The molecule has 0 aliphatic carbocycles. The zero-order chi connectivity index (χ0) is 19.3. The summed E-state index contributed by atoms with van der Waals surface area (Å²) in [4.78, 5) is 29.7. The van der Waals surface area contributed by atoms with Crippen LogP contribution in [0.25, 0.3) is 11.5 Å². The molecule has 0 atom stereocenters. The summed E-state index contributed by atoms with van der Waals surface area (Å²) in [6, 6.07) is 12.0. The molecule has 4 aromatic rings. The third-order valence-electron chi connectivity index (χ3n) is 3.95. The van der Waals surface area contributed by atoms with E-state index in [2.05, 4.69) is 19.9 Å². The van der Waals surface area contributed by atoms with Crippen molar-refractivity contribution >= 4 is 17.2 Å². The maximum absolute atomic E-state index is 13.9. The number of benzene rings is 1. The highest BCUT2D eigenvalue weighted by molar-refractivity contribution is 7.07. The van der Waals surface area contributed by atoms with Crippen molar-refractivity contribution in [2.45, 2.75) is 6.54 Å². The van der Waals surface area contributed by atoms with E-state index in [1.165, 1.54) is 29.8 Å². The second-order valence-electron chi connectivity index (χ2n) is 5.83. The summed E-state index contributed by atoms with van der Waals surface area (Å²) in [5.74, 6) is -0.322. The van der Waals surface area contributed by atoms with Crippen molar-refractivity contribution in [3.05, 3.63) is 94.4 Å². The monoisotopic (exact) mass is 391 g/mol. The molecule has 0 fully saturated rings. The van der Waals surface area contributed by atoms with Crippen molar-refractivity contribution in [3.63, 3.8) is 0 Å². The fourth-order valence-electron chi connectivity index (χ4n) is 2.53. The molecule has 1 amide bonds. The molecular weight excluding hydrogens is 377 g/mol. The van der Waals surface area contributed by atoms with Crippen molar-refractivity contribution in [2.24, 2.45) is 4.99 Å². The first-order chi connectivity index (χ1) is 13.7. The number of nitrogens with zero attached hydrogens (tertiary/aromatic N) is 5. The second-order valence-corrected chi connectivity index (χ2v) is 6.71. The number of hydrogen-bond acceptors (Lipinski definition) is 5. The second kappa shape index (κ2) is 8.01. The number of amides is 1. The minimum atomic E-state index is -0.461. The van der Waals surface area contributed by atoms with Gasteiger partial charge in [0.05, 0.1) is 12.1 Å². The summed E-state index contributed by atoms with van der Waals surface area (Å²) in [7, 11) is 0. The molecule has 0 unspecified atom stereocenters. The van der Waals surface area contributed by atoms with Gasteiger partial charge in [0.25, 0.3) is 5.91 Å². The Bertz CT molecular complexity index is 1170. The molecule has 0 saturated carbocycles. The number of thiazole rings is 1. The van der Waals surface area contributed by atoms with Gasteiger partial charge < -0.3 is 4.57 Å². The molecular formula is C20H14FN5OS. The van der Waals surface area contributed by atoms with Crippen molar-refractivity contribution < 1.29 is 9.18 Å². The molecule has 4 rings (SSSR count). The first-order valence-electron chi connectivity index (χ1n) is 8.40. The Morgan fingerprint density at radius 3 is 2.61 bits per heavy atom. The third-order valence-corrected chi connectivity index (χ3v) is 4.74. The van der Waals surface area contributed by atoms with Crippen LogP contribution in [0.3, 0.4) is 0 Å². The number of carbonyl (C=O) groups is 1. The van der Waals surface area contributed by atoms with Gasteiger partial charge >= 0.3 is 0 Å². The summed E-state index contributed by atoms with van der Waals surface area (Å²) >= 11 is 1.30. The molecule has 0 aliphatic rings. The summed E-state index contributed by atoms with van der Waals surface area (Å²) in [5.41, 5.74) is 1.42.